The normalized spacial score (nSPS) is 15.0. The molecule has 0 aliphatic carbocycles. The number of aromatic nitrogens is 2. The minimum absolute atomic E-state index is 0.109. The maximum atomic E-state index is 12.5. The van der Waals surface area contributed by atoms with E-state index in [2.05, 4.69) is 5.10 Å². The average molecular weight is 350 g/mol. The fourth-order valence-electron chi connectivity index (χ4n) is 2.58. The molecule has 1 aliphatic heterocycles. The van der Waals surface area contributed by atoms with Crippen molar-refractivity contribution in [2.75, 3.05) is 11.4 Å². The molecule has 0 saturated carbocycles. The summed E-state index contributed by atoms with van der Waals surface area (Å²) >= 11 is 0. The van der Waals surface area contributed by atoms with E-state index in [-0.39, 0.29) is 16.5 Å². The molecule has 126 valence electrons. The van der Waals surface area contributed by atoms with Gasteiger partial charge >= 0.3 is 0 Å². The number of amides is 1. The van der Waals surface area contributed by atoms with Gasteiger partial charge in [0.1, 0.15) is 5.69 Å². The fourth-order valence-corrected chi connectivity index (χ4v) is 3.75. The number of carbonyl (C=O) groups excluding carboxylic acids is 1. The van der Waals surface area contributed by atoms with Crippen molar-refractivity contribution in [1.29, 1.82) is 0 Å². The fraction of sp³-hybridized carbons (Fsp3) is 0.286. The molecule has 1 saturated heterocycles. The molecule has 0 unspecified atom stereocenters. The Kier molecular flexibility index (Phi) is 3.84. The zero-order chi connectivity index (χ0) is 17.5. The molecule has 2 aromatic rings. The van der Waals surface area contributed by atoms with Gasteiger partial charge in [-0.15, -0.1) is 0 Å². The number of hydrogen-bond acceptors (Lipinski definition) is 6. The second-order valence-electron chi connectivity index (χ2n) is 5.39. The smallest absolute Gasteiger partial charge is 0.294 e. The highest BCUT2D eigenvalue weighted by molar-refractivity contribution is 7.89. The van der Waals surface area contributed by atoms with Gasteiger partial charge < -0.3 is 4.90 Å². The lowest BCUT2D eigenvalue weighted by molar-refractivity contribution is -0.384. The highest BCUT2D eigenvalue weighted by Crippen LogP contribution is 2.33. The first-order valence-corrected chi connectivity index (χ1v) is 8.61. The molecule has 10 heteroatoms. The minimum Gasteiger partial charge on any atom is -0.306 e. The Balaban J connectivity index is 2.10. The van der Waals surface area contributed by atoms with Gasteiger partial charge in [0.25, 0.3) is 15.7 Å². The van der Waals surface area contributed by atoms with Crippen molar-refractivity contribution < 1.29 is 18.1 Å². The predicted molar refractivity (Wildman–Crippen MR) is 84.2 cm³/mol. The van der Waals surface area contributed by atoms with Crippen molar-refractivity contribution in [3.63, 3.8) is 0 Å². The van der Waals surface area contributed by atoms with E-state index in [1.54, 1.807) is 6.92 Å². The molecule has 1 aromatic heterocycles. The maximum absolute atomic E-state index is 12.5. The maximum Gasteiger partial charge on any atom is 0.294 e. The molecular weight excluding hydrogens is 336 g/mol. The van der Waals surface area contributed by atoms with Crippen LogP contribution in [0.4, 0.5) is 11.4 Å². The zero-order valence-electron chi connectivity index (χ0n) is 12.7. The molecule has 1 aromatic carbocycles. The van der Waals surface area contributed by atoms with E-state index in [0.29, 0.717) is 25.1 Å². The molecule has 2 heterocycles. The summed E-state index contributed by atoms with van der Waals surface area (Å²) in [7, 11) is -4.03. The van der Waals surface area contributed by atoms with Crippen molar-refractivity contribution >= 4 is 27.3 Å². The van der Waals surface area contributed by atoms with E-state index >= 15 is 0 Å². The molecule has 0 N–H and O–H groups in total. The van der Waals surface area contributed by atoms with Crippen molar-refractivity contribution in [1.82, 2.24) is 9.19 Å². The van der Waals surface area contributed by atoms with Crippen molar-refractivity contribution in [3.8, 4) is 0 Å². The standard InChI is InChI=1S/C14H14N4O5S/c1-10-6-8-17(15-10)24(22,23)11-4-5-12(13(9-11)18(20)21)16-7-2-3-14(16)19/h4-6,8-9H,2-3,7H2,1H3. The van der Waals surface area contributed by atoms with E-state index < -0.39 is 20.6 Å². The Labute approximate surface area is 137 Å². The molecule has 0 bridgehead atoms. The molecule has 1 aliphatic rings. The van der Waals surface area contributed by atoms with Crippen LogP contribution in [0.15, 0.2) is 35.4 Å². The van der Waals surface area contributed by atoms with E-state index in [0.717, 1.165) is 10.2 Å². The summed E-state index contributed by atoms with van der Waals surface area (Å²) in [6, 6.07) is 5.03. The van der Waals surface area contributed by atoms with Gasteiger partial charge in [-0.25, -0.2) is 0 Å². The summed E-state index contributed by atoms with van der Waals surface area (Å²) in [6.45, 7) is 2.01. The van der Waals surface area contributed by atoms with Crippen LogP contribution in [-0.2, 0) is 14.8 Å². The third-order valence-electron chi connectivity index (χ3n) is 3.75. The summed E-state index contributed by atoms with van der Waals surface area (Å²) in [5.41, 5.74) is 0.195. The number of carbonyl (C=O) groups is 1. The monoisotopic (exact) mass is 350 g/mol. The Morgan fingerprint density at radius 1 is 1.29 bits per heavy atom. The first kappa shape index (κ1) is 16.1. The summed E-state index contributed by atoms with van der Waals surface area (Å²) in [6.07, 6.45) is 2.21. The van der Waals surface area contributed by atoms with Gasteiger partial charge in [0.05, 0.1) is 15.5 Å². The summed E-state index contributed by atoms with van der Waals surface area (Å²) < 4.78 is 25.8. The van der Waals surface area contributed by atoms with Gasteiger partial charge in [0, 0.05) is 25.2 Å². The van der Waals surface area contributed by atoms with Crippen LogP contribution >= 0.6 is 0 Å². The van der Waals surface area contributed by atoms with Crippen LogP contribution in [-0.4, -0.2) is 35.0 Å². The molecule has 1 amide bonds. The molecule has 1 fully saturated rings. The SMILES string of the molecule is Cc1ccn(S(=O)(=O)c2ccc(N3CCCC3=O)c([N+](=O)[O-])c2)n1. The number of nitrogens with zero attached hydrogens (tertiary/aromatic N) is 4. The molecule has 24 heavy (non-hydrogen) atoms. The minimum atomic E-state index is -4.03. The Bertz CT molecular complexity index is 934. The van der Waals surface area contributed by atoms with Crippen LogP contribution in [0.3, 0.4) is 0 Å². The summed E-state index contributed by atoms with van der Waals surface area (Å²) in [5, 5.41) is 15.2. The largest absolute Gasteiger partial charge is 0.306 e. The number of benzene rings is 1. The third kappa shape index (κ3) is 2.64. The van der Waals surface area contributed by atoms with Gasteiger partial charge in [-0.3, -0.25) is 14.9 Å². The number of nitro groups is 1. The summed E-state index contributed by atoms with van der Waals surface area (Å²) in [4.78, 5) is 23.6. The second kappa shape index (κ2) is 5.71. The number of aryl methyl sites for hydroxylation is 1. The second-order valence-corrected chi connectivity index (χ2v) is 7.19. The van der Waals surface area contributed by atoms with Crippen molar-refractivity contribution in [2.24, 2.45) is 0 Å². The quantitative estimate of drug-likeness (QED) is 0.609. The first-order valence-electron chi connectivity index (χ1n) is 7.17. The Hall–Kier alpha value is -2.75. The van der Waals surface area contributed by atoms with Gasteiger partial charge in [0.15, 0.2) is 0 Å². The van der Waals surface area contributed by atoms with Gasteiger partial charge in [-0.2, -0.15) is 17.6 Å². The van der Waals surface area contributed by atoms with E-state index in [4.69, 9.17) is 0 Å². The number of rotatable bonds is 4. The lowest BCUT2D eigenvalue weighted by atomic mass is 10.2. The van der Waals surface area contributed by atoms with Crippen LogP contribution < -0.4 is 4.90 Å². The molecule has 0 atom stereocenters. The van der Waals surface area contributed by atoms with Gasteiger partial charge in [0.2, 0.25) is 5.91 Å². The third-order valence-corrected chi connectivity index (χ3v) is 5.30. The molecule has 0 spiro atoms. The highest BCUT2D eigenvalue weighted by atomic mass is 32.2. The first-order chi connectivity index (χ1) is 11.3. The number of anilines is 1. The lowest BCUT2D eigenvalue weighted by Crippen LogP contribution is -2.25. The van der Waals surface area contributed by atoms with Crippen LogP contribution in [0.1, 0.15) is 18.5 Å². The average Bonchev–Trinajstić information content (AvgIpc) is 3.15. The van der Waals surface area contributed by atoms with E-state index in [9.17, 15) is 23.3 Å². The van der Waals surface area contributed by atoms with Gasteiger partial charge in [-0.1, -0.05) is 0 Å². The number of nitro benzene ring substituents is 1. The van der Waals surface area contributed by atoms with Crippen LogP contribution in [0.5, 0.6) is 0 Å². The molecule has 9 nitrogen and oxygen atoms in total. The Morgan fingerprint density at radius 3 is 2.58 bits per heavy atom. The zero-order valence-corrected chi connectivity index (χ0v) is 13.6. The molecule has 3 rings (SSSR count). The lowest BCUT2D eigenvalue weighted by Gasteiger charge is -2.16. The van der Waals surface area contributed by atoms with Crippen molar-refractivity contribution in [3.05, 3.63) is 46.3 Å². The topological polar surface area (TPSA) is 115 Å². The van der Waals surface area contributed by atoms with E-state index in [1.807, 2.05) is 0 Å². The van der Waals surface area contributed by atoms with Gasteiger partial charge in [-0.05, 0) is 31.5 Å². The van der Waals surface area contributed by atoms with E-state index in [1.165, 1.54) is 29.3 Å². The van der Waals surface area contributed by atoms with Crippen molar-refractivity contribution in [2.45, 2.75) is 24.7 Å². The Morgan fingerprint density at radius 2 is 2.04 bits per heavy atom. The predicted octanol–water partition coefficient (Wildman–Crippen LogP) is 1.46. The van der Waals surface area contributed by atoms with Crippen LogP contribution in [0.2, 0.25) is 0 Å². The molecule has 0 radical (unpaired) electrons. The molecular formula is C14H14N4O5S. The van der Waals surface area contributed by atoms with Crippen LogP contribution in [0, 0.1) is 17.0 Å². The number of hydrogen-bond donors (Lipinski definition) is 0. The van der Waals surface area contributed by atoms with Crippen LogP contribution in [0.25, 0.3) is 0 Å². The highest BCUT2D eigenvalue weighted by Gasteiger charge is 2.30. The summed E-state index contributed by atoms with van der Waals surface area (Å²) in [5.74, 6) is -0.212.